The third kappa shape index (κ3) is 3.09. The predicted octanol–water partition coefficient (Wildman–Crippen LogP) is 4.25. The zero-order valence-corrected chi connectivity index (χ0v) is 13.0. The monoisotopic (exact) mass is 320 g/mol. The minimum atomic E-state index is 0. The summed E-state index contributed by atoms with van der Waals surface area (Å²) in [5.41, 5.74) is 2.48. The maximum Gasteiger partial charge on any atom is 0.182 e. The number of rotatable bonds is 3. The number of fused-ring (bicyclic) bond motifs is 1. The van der Waals surface area contributed by atoms with Crippen LogP contribution in [0.25, 0.3) is 11.4 Å². The Morgan fingerprint density at radius 2 is 1.95 bits per heavy atom. The summed E-state index contributed by atoms with van der Waals surface area (Å²) >= 11 is 6.16. The molecule has 21 heavy (non-hydrogen) atoms. The number of hydrogen-bond acceptors (Lipinski definition) is 2. The second-order valence-corrected chi connectivity index (χ2v) is 5.12. The van der Waals surface area contributed by atoms with E-state index in [1.165, 1.54) is 0 Å². The van der Waals surface area contributed by atoms with Crippen molar-refractivity contribution in [3.8, 4) is 11.4 Å². The van der Waals surface area contributed by atoms with Crippen LogP contribution in [0.3, 0.4) is 0 Å². The fraction of sp³-hybridized carbons (Fsp3) is 0.125. The van der Waals surface area contributed by atoms with Crippen molar-refractivity contribution in [3.63, 3.8) is 0 Å². The molecule has 0 aromatic heterocycles. The van der Waals surface area contributed by atoms with E-state index in [-0.39, 0.29) is 24.7 Å². The molecular formula is C16H14Cl2N2O. The molecule has 3 nitrogen and oxygen atoms in total. The molecule has 0 bridgehead atoms. The van der Waals surface area contributed by atoms with Crippen molar-refractivity contribution in [2.24, 2.45) is 0 Å². The molecule has 0 N–H and O–H groups in total. The van der Waals surface area contributed by atoms with Gasteiger partial charge in [0.2, 0.25) is 0 Å². The lowest BCUT2D eigenvalue weighted by molar-refractivity contribution is 0.0972. The first-order valence-electron chi connectivity index (χ1n) is 6.35. The Kier molecular flexibility index (Phi) is 4.66. The number of aromatic nitrogens is 2. The molecule has 0 unspecified atom stereocenters. The highest BCUT2D eigenvalue weighted by molar-refractivity contribution is 6.33. The van der Waals surface area contributed by atoms with Gasteiger partial charge in [0.25, 0.3) is 0 Å². The van der Waals surface area contributed by atoms with Crippen LogP contribution in [-0.4, -0.2) is 15.3 Å². The van der Waals surface area contributed by atoms with E-state index < -0.39 is 0 Å². The van der Waals surface area contributed by atoms with Crippen molar-refractivity contribution in [3.05, 3.63) is 64.9 Å². The Bertz CT molecular complexity index is 738. The lowest BCUT2D eigenvalue weighted by Crippen LogP contribution is -2.13. The summed E-state index contributed by atoms with van der Waals surface area (Å²) in [6.07, 6.45) is 1.80. The third-order valence-electron chi connectivity index (χ3n) is 3.22. The highest BCUT2D eigenvalue weighted by atomic mass is 35.5. The number of nitrogens with zero attached hydrogens (tertiary/aromatic N) is 2. The Balaban J connectivity index is 0.00000161. The van der Waals surface area contributed by atoms with Crippen LogP contribution in [0.4, 0.5) is 0 Å². The van der Waals surface area contributed by atoms with Gasteiger partial charge in [-0.25, -0.2) is 4.98 Å². The van der Waals surface area contributed by atoms with Crippen molar-refractivity contribution in [2.45, 2.75) is 13.5 Å². The van der Waals surface area contributed by atoms with E-state index in [2.05, 4.69) is 4.98 Å². The van der Waals surface area contributed by atoms with Gasteiger partial charge in [-0.3, -0.25) is 4.79 Å². The van der Waals surface area contributed by atoms with Gasteiger partial charge in [0.05, 0.1) is 11.6 Å². The van der Waals surface area contributed by atoms with E-state index in [1.807, 2.05) is 47.9 Å². The number of aryl methyl sites for hydroxylation is 1. The molecule has 3 rings (SSSR count). The minimum Gasteiger partial charge on any atom is -0.325 e. The van der Waals surface area contributed by atoms with Crippen molar-refractivity contribution in [2.75, 3.05) is 0 Å². The van der Waals surface area contributed by atoms with Crippen LogP contribution in [0.5, 0.6) is 0 Å². The van der Waals surface area contributed by atoms with E-state index >= 15 is 0 Å². The summed E-state index contributed by atoms with van der Waals surface area (Å²) in [6.45, 7) is 2.17. The van der Waals surface area contributed by atoms with Gasteiger partial charge >= 0.3 is 0 Å². The summed E-state index contributed by atoms with van der Waals surface area (Å²) in [7, 11) is 0. The molecule has 5 heteroatoms. The average molecular weight is 321 g/mol. The fourth-order valence-corrected chi connectivity index (χ4v) is 2.44. The number of halogens is 2. The summed E-state index contributed by atoms with van der Waals surface area (Å²) < 4.78 is 1.84. The number of ketones is 1. The Morgan fingerprint density at radius 1 is 1.24 bits per heavy atom. The summed E-state index contributed by atoms with van der Waals surface area (Å²) in [6, 6.07) is 13.0. The molecule has 0 radical (unpaired) electrons. The van der Waals surface area contributed by atoms with Crippen LogP contribution in [0.2, 0.25) is 5.02 Å². The van der Waals surface area contributed by atoms with Crippen LogP contribution in [-0.2, 0) is 6.54 Å². The quantitative estimate of drug-likeness (QED) is 0.676. The summed E-state index contributed by atoms with van der Waals surface area (Å²) in [4.78, 5) is 16.7. The van der Waals surface area contributed by atoms with Crippen molar-refractivity contribution < 1.29 is 4.79 Å². The van der Waals surface area contributed by atoms with E-state index in [0.717, 1.165) is 17.1 Å². The molecule has 0 spiro atoms. The molecule has 0 saturated carbocycles. The second kappa shape index (κ2) is 6.29. The molecule has 108 valence electrons. The maximum atomic E-state index is 12.3. The van der Waals surface area contributed by atoms with Gasteiger partial charge in [0.15, 0.2) is 5.78 Å². The van der Waals surface area contributed by atoms with E-state index in [1.54, 1.807) is 12.3 Å². The molecule has 1 aromatic carbocycles. The van der Waals surface area contributed by atoms with E-state index in [4.69, 9.17) is 11.6 Å². The summed E-state index contributed by atoms with van der Waals surface area (Å²) in [5.74, 6) is 0.805. The summed E-state index contributed by atoms with van der Waals surface area (Å²) in [5, 5.41) is 0.656. The van der Waals surface area contributed by atoms with Gasteiger partial charge in [-0.05, 0) is 19.1 Å². The molecule has 0 amide bonds. The topological polar surface area (TPSA) is 34.9 Å². The Labute approximate surface area is 134 Å². The Hall–Kier alpha value is -1.84. The van der Waals surface area contributed by atoms with Gasteiger partial charge in [0, 0.05) is 23.0 Å². The number of carbonyl (C=O) groups excluding carboxylic acids is 1. The van der Waals surface area contributed by atoms with Gasteiger partial charge < -0.3 is 4.57 Å². The lowest BCUT2D eigenvalue weighted by atomic mass is 10.1. The van der Waals surface area contributed by atoms with Crippen LogP contribution < -0.4 is 0 Å². The number of benzene rings is 1. The molecule has 0 aliphatic carbocycles. The van der Waals surface area contributed by atoms with Gasteiger partial charge in [-0.15, -0.1) is 12.4 Å². The second-order valence-electron chi connectivity index (χ2n) is 4.72. The minimum absolute atomic E-state index is 0. The van der Waals surface area contributed by atoms with Crippen molar-refractivity contribution in [1.29, 1.82) is 0 Å². The maximum absolute atomic E-state index is 12.3. The first-order valence-corrected chi connectivity index (χ1v) is 6.73. The highest BCUT2D eigenvalue weighted by Gasteiger charge is 2.16. The first kappa shape index (κ1) is 15.5. The van der Waals surface area contributed by atoms with Crippen LogP contribution >= 0.6 is 24.0 Å². The zero-order chi connectivity index (χ0) is 14.1. The van der Waals surface area contributed by atoms with Crippen LogP contribution in [0.1, 0.15) is 16.1 Å². The van der Waals surface area contributed by atoms with E-state index in [9.17, 15) is 4.79 Å². The SMILES string of the molecule is Cc1cc2c(Cl)ccn(CC(=O)c3ccccc3)c-2n1.Cl. The van der Waals surface area contributed by atoms with Gasteiger partial charge in [0.1, 0.15) is 5.82 Å². The first-order chi connectivity index (χ1) is 9.65. The molecule has 2 aliphatic heterocycles. The van der Waals surface area contributed by atoms with Gasteiger partial charge in [-0.2, -0.15) is 0 Å². The number of Topliss-reactive ketones (excluding diaryl/α,β-unsaturated/α-hetero) is 1. The highest BCUT2D eigenvalue weighted by Crippen LogP contribution is 2.30. The molecular weight excluding hydrogens is 307 g/mol. The van der Waals surface area contributed by atoms with Gasteiger partial charge in [-0.1, -0.05) is 41.9 Å². The standard InChI is InChI=1S/C16H13ClN2O.ClH/c1-11-9-13-14(17)7-8-19(16(13)18-11)10-15(20)12-5-3-2-4-6-12;/h2-9H,10H2,1H3;1H. The number of hydrogen-bond donors (Lipinski definition) is 0. The number of carbonyl (C=O) groups is 1. The molecule has 2 heterocycles. The molecule has 0 fully saturated rings. The van der Waals surface area contributed by atoms with Crippen LogP contribution in [0.15, 0.2) is 48.7 Å². The normalized spacial score (nSPS) is 10.4. The third-order valence-corrected chi connectivity index (χ3v) is 3.55. The average Bonchev–Trinajstić information content (AvgIpc) is 2.86. The Morgan fingerprint density at radius 3 is 2.67 bits per heavy atom. The largest absolute Gasteiger partial charge is 0.325 e. The zero-order valence-electron chi connectivity index (χ0n) is 11.4. The smallest absolute Gasteiger partial charge is 0.182 e. The van der Waals surface area contributed by atoms with Crippen molar-refractivity contribution in [1.82, 2.24) is 9.55 Å². The molecule has 2 aliphatic rings. The van der Waals surface area contributed by atoms with Crippen molar-refractivity contribution >= 4 is 29.8 Å². The molecule has 0 atom stereocenters. The predicted molar refractivity (Wildman–Crippen MR) is 86.6 cm³/mol. The fourth-order valence-electron chi connectivity index (χ4n) is 2.24. The number of pyridine rings is 1. The van der Waals surface area contributed by atoms with Crippen LogP contribution in [0, 0.1) is 6.92 Å². The lowest BCUT2D eigenvalue weighted by Gasteiger charge is -2.11. The molecule has 0 saturated heterocycles. The van der Waals surface area contributed by atoms with E-state index in [0.29, 0.717) is 10.6 Å². The molecule has 1 aromatic rings.